The topological polar surface area (TPSA) is 362 Å². The Bertz CT molecular complexity index is 5390. The highest BCUT2D eigenvalue weighted by Gasteiger charge is 2.26. The Labute approximate surface area is 705 Å². The standard InChI is InChI=1S/C29H35N7O2.C27H31N7O2.C19H16N6O2.C13H25NO3.CH4.ClH/c1-34(2)17-21-7-9-22(10-8-21)20-38-26-15-30-29(31-16-26)24-6-4-5-23(13-24)18-36-28(37)12-11-27(33-36)25-14-32-35(3)19-25;1-33-17-23(13-31-33)25-9-10-26(35)34(32-25)16-21-3-2-4-22(11-21)27-29-14-24(15-30-27)36-18-20-7-5-19(12-28)6-8-20;1-24-12-15(8-22-24)17-5-6-18(27)25(23-17)11-13-3-2-4-14(7-13)19-20-9-16(26)10-21-19;1-13(2,3)17-12(16)14-8-10-4-6-11(9-15)7-5-10;;/h4-6,11-16,19,21-22H,7-10,17-18,20H2,1-3H3;2-4,9-11,13-15,17,19-20H,5-8,12,16,18,28H2,1H3;2-10,12,26H,11H2,1H3;10-11,15H,4-9H2,1-3H3,(H,14,16);1H4;1H. The first-order chi connectivity index (χ1) is 57.0. The zero-order valence-electron chi connectivity index (χ0n) is 68.9. The number of nitrogens with zero attached hydrogens (tertiary/aromatic N) is 19. The Balaban J connectivity index is 0.000000173. The van der Waals surface area contributed by atoms with Crippen LogP contribution in [0.1, 0.15) is 122 Å². The predicted octanol–water partition coefficient (Wildman–Crippen LogP) is 12.4. The van der Waals surface area contributed by atoms with Gasteiger partial charge in [0.25, 0.3) is 16.7 Å². The second-order valence-electron chi connectivity index (χ2n) is 32.0. The number of aromatic nitrogens is 18. The lowest BCUT2D eigenvalue weighted by Gasteiger charge is -2.30. The third-order valence-electron chi connectivity index (χ3n) is 21.1. The minimum absolute atomic E-state index is 0. The number of aliphatic hydroxyl groups excluding tert-OH is 1. The second-order valence-corrected chi connectivity index (χ2v) is 32.0. The number of amides is 1. The van der Waals surface area contributed by atoms with Crippen LogP contribution in [-0.4, -0.2) is 169 Å². The van der Waals surface area contributed by atoms with Crippen LogP contribution in [0.4, 0.5) is 4.79 Å². The zero-order chi connectivity index (χ0) is 83.1. The number of hydrogen-bond acceptors (Lipinski definition) is 23. The average Bonchev–Trinajstić information content (AvgIpc) is 1.45. The molecule has 0 saturated heterocycles. The molecule has 0 atom stereocenters. The van der Waals surface area contributed by atoms with Crippen molar-refractivity contribution in [1.82, 2.24) is 98.8 Å². The maximum absolute atomic E-state index is 12.5. The van der Waals surface area contributed by atoms with E-state index in [0.717, 1.165) is 101 Å². The van der Waals surface area contributed by atoms with Gasteiger partial charge in [0.05, 0.1) is 106 Å². The van der Waals surface area contributed by atoms with Gasteiger partial charge < -0.3 is 40.4 Å². The Morgan fingerprint density at radius 3 is 1.15 bits per heavy atom. The molecular formula is C89H112ClN21O9. The molecule has 3 saturated carbocycles. The van der Waals surface area contributed by atoms with E-state index in [1.165, 1.54) is 89.7 Å². The molecule has 1 amide bonds. The lowest BCUT2D eigenvalue weighted by molar-refractivity contribution is 0.0510. The molecule has 3 aromatic carbocycles. The number of benzene rings is 3. The summed E-state index contributed by atoms with van der Waals surface area (Å²) >= 11 is 0. The number of aliphatic hydroxyl groups is 1. The zero-order valence-corrected chi connectivity index (χ0v) is 69.7. The van der Waals surface area contributed by atoms with Gasteiger partial charge in [-0.05, 0) is 207 Å². The third-order valence-corrected chi connectivity index (χ3v) is 21.1. The first-order valence-electron chi connectivity index (χ1n) is 40.3. The number of carbonyl (C=O) groups is 1. The van der Waals surface area contributed by atoms with Crippen molar-refractivity contribution in [2.24, 2.45) is 62.4 Å². The van der Waals surface area contributed by atoms with E-state index < -0.39 is 5.60 Å². The number of alkyl carbamates (subject to hydrolysis) is 1. The minimum Gasteiger partial charge on any atom is -0.505 e. The van der Waals surface area contributed by atoms with Crippen LogP contribution < -0.4 is 37.2 Å². The molecule has 0 spiro atoms. The highest BCUT2D eigenvalue weighted by molar-refractivity contribution is 5.85. The summed E-state index contributed by atoms with van der Waals surface area (Å²) in [5.74, 6) is 6.75. The summed E-state index contributed by atoms with van der Waals surface area (Å²) in [4.78, 5) is 77.2. The molecule has 12 aromatic rings. The monoisotopic (exact) mass is 1650 g/mol. The van der Waals surface area contributed by atoms with Crippen molar-refractivity contribution in [3.63, 3.8) is 0 Å². The maximum atomic E-state index is 12.5. The highest BCUT2D eigenvalue weighted by Crippen LogP contribution is 2.33. The molecule has 0 bridgehead atoms. The Morgan fingerprint density at radius 1 is 0.475 bits per heavy atom. The lowest BCUT2D eigenvalue weighted by Crippen LogP contribution is -2.36. The van der Waals surface area contributed by atoms with Crippen LogP contribution >= 0.6 is 12.4 Å². The Morgan fingerprint density at radius 2 is 0.817 bits per heavy atom. The number of nitrogens with two attached hydrogens (primary N) is 1. The fourth-order valence-corrected chi connectivity index (χ4v) is 14.6. The van der Waals surface area contributed by atoms with E-state index in [-0.39, 0.29) is 48.4 Å². The quantitative estimate of drug-likeness (QED) is 0.0436. The van der Waals surface area contributed by atoms with Gasteiger partial charge in [-0.1, -0.05) is 62.0 Å². The molecule has 3 fully saturated rings. The number of nitrogens with one attached hydrogen (secondary N) is 1. The summed E-state index contributed by atoms with van der Waals surface area (Å²) in [5.41, 5.74) is 14.8. The molecule has 30 nitrogen and oxygen atoms in total. The number of hydrogen-bond donors (Lipinski definition) is 4. The Kier molecular flexibility index (Phi) is 32.8. The largest absolute Gasteiger partial charge is 0.505 e. The van der Waals surface area contributed by atoms with Crippen LogP contribution in [0.3, 0.4) is 0 Å². The average molecular weight is 1660 g/mol. The molecule has 0 unspecified atom stereocenters. The van der Waals surface area contributed by atoms with Crippen molar-refractivity contribution < 1.29 is 29.2 Å². The van der Waals surface area contributed by atoms with Gasteiger partial charge in [-0.2, -0.15) is 30.6 Å². The summed E-state index contributed by atoms with van der Waals surface area (Å²) in [6, 6.07) is 33.0. The third kappa shape index (κ3) is 27.0. The lowest BCUT2D eigenvalue weighted by atomic mass is 9.82. The number of aromatic hydroxyl groups is 1. The molecular weight excluding hydrogens is 1540 g/mol. The van der Waals surface area contributed by atoms with E-state index >= 15 is 0 Å². The van der Waals surface area contributed by atoms with Crippen LogP contribution in [-0.2, 0) is 45.5 Å². The van der Waals surface area contributed by atoms with E-state index in [9.17, 15) is 24.3 Å². The summed E-state index contributed by atoms with van der Waals surface area (Å²) in [6.07, 6.45) is 34.0. The van der Waals surface area contributed by atoms with Crippen LogP contribution in [0.15, 0.2) is 198 Å². The number of halogens is 1. The highest BCUT2D eigenvalue weighted by atomic mass is 35.5. The molecule has 31 heteroatoms. The first-order valence-corrected chi connectivity index (χ1v) is 40.3. The summed E-state index contributed by atoms with van der Waals surface area (Å²) < 4.78 is 26.6. The van der Waals surface area contributed by atoms with E-state index in [1.54, 1.807) is 75.6 Å². The van der Waals surface area contributed by atoms with Crippen LogP contribution in [0.5, 0.6) is 17.2 Å². The fourth-order valence-electron chi connectivity index (χ4n) is 14.6. The van der Waals surface area contributed by atoms with Crippen molar-refractivity contribution in [1.29, 1.82) is 0 Å². The van der Waals surface area contributed by atoms with Crippen LogP contribution in [0.25, 0.3) is 67.9 Å². The molecule has 634 valence electrons. The van der Waals surface area contributed by atoms with Crippen molar-refractivity contribution >= 4 is 18.5 Å². The van der Waals surface area contributed by atoms with Gasteiger partial charge in [0, 0.05) is 111 Å². The maximum Gasteiger partial charge on any atom is 0.407 e. The molecule has 9 heterocycles. The molecule has 3 aliphatic carbocycles. The first kappa shape index (κ1) is 90.3. The smallest absolute Gasteiger partial charge is 0.407 e. The molecule has 3 aliphatic rings. The molecule has 15 rings (SSSR count). The molecule has 9 aromatic heterocycles. The number of carbonyl (C=O) groups excluding carboxylic acids is 1. The van der Waals surface area contributed by atoms with Crippen LogP contribution in [0.2, 0.25) is 0 Å². The van der Waals surface area contributed by atoms with E-state index in [4.69, 9.17) is 25.1 Å². The van der Waals surface area contributed by atoms with Gasteiger partial charge in [0.2, 0.25) is 0 Å². The SMILES string of the molecule is C.CC(C)(C)OC(=O)NCC1CCC(CO)CC1.CN(C)CC1CCC(COc2cnc(-c3cccc(Cn4nc(-c5cnn(C)c5)ccc4=O)c3)nc2)CC1.Cl.Cn1cc(-c2ccc(=O)n(Cc3cccc(-c4ncc(O)cn4)c3)n2)cn1.Cn1cc(-c2ccc(=O)n(Cc3cccc(-c4ncc(OCC5CCC(CN)CC5)cn4)c3)n2)cn1. The van der Waals surface area contributed by atoms with Crippen LogP contribution in [0, 0.1) is 35.5 Å². The predicted molar refractivity (Wildman–Crippen MR) is 464 cm³/mol. The van der Waals surface area contributed by atoms with Gasteiger partial charge in [0.15, 0.2) is 34.7 Å². The van der Waals surface area contributed by atoms with E-state index in [2.05, 4.69) is 84.8 Å². The van der Waals surface area contributed by atoms with Crippen molar-refractivity contribution in [3.8, 4) is 85.2 Å². The summed E-state index contributed by atoms with van der Waals surface area (Å²) in [6.45, 7) is 10.9. The summed E-state index contributed by atoms with van der Waals surface area (Å²) in [5, 5.41) is 47.2. The van der Waals surface area contributed by atoms with Crippen molar-refractivity contribution in [2.45, 2.75) is 130 Å². The summed E-state index contributed by atoms with van der Waals surface area (Å²) in [7, 11) is 9.83. The minimum atomic E-state index is -0.432. The molecule has 0 aliphatic heterocycles. The van der Waals surface area contributed by atoms with Gasteiger partial charge in [-0.3, -0.25) is 28.4 Å². The van der Waals surface area contributed by atoms with E-state index in [0.29, 0.717) is 122 Å². The van der Waals surface area contributed by atoms with E-state index in [1.807, 2.05) is 133 Å². The van der Waals surface area contributed by atoms with Crippen molar-refractivity contribution in [3.05, 3.63) is 231 Å². The fraction of sp³-hybridized carbons (Fsp3) is 0.416. The van der Waals surface area contributed by atoms with Gasteiger partial charge in [-0.25, -0.2) is 48.7 Å². The van der Waals surface area contributed by atoms with Crippen molar-refractivity contribution in [2.75, 3.05) is 53.6 Å². The van der Waals surface area contributed by atoms with Gasteiger partial charge in [0.1, 0.15) is 5.60 Å². The Hall–Kier alpha value is -12.0. The number of rotatable bonds is 24. The normalized spacial score (nSPS) is 16.9. The van der Waals surface area contributed by atoms with Gasteiger partial charge in [-0.15, -0.1) is 12.4 Å². The number of aryl methyl sites for hydroxylation is 3. The van der Waals surface area contributed by atoms with Gasteiger partial charge >= 0.3 is 6.09 Å². The molecule has 120 heavy (non-hydrogen) atoms. The molecule has 0 radical (unpaired) electrons. The second kappa shape index (κ2) is 43.6. The molecule has 5 N–H and O–H groups in total. The number of ether oxygens (including phenoxy) is 3.